The van der Waals surface area contributed by atoms with Gasteiger partial charge in [-0.25, -0.2) is 0 Å². The van der Waals surface area contributed by atoms with Gasteiger partial charge < -0.3 is 4.90 Å². The van der Waals surface area contributed by atoms with Gasteiger partial charge in [0.25, 0.3) is 5.91 Å². The van der Waals surface area contributed by atoms with Crippen LogP contribution in [-0.2, 0) is 28.1 Å². The van der Waals surface area contributed by atoms with E-state index in [9.17, 15) is 14.4 Å². The standard InChI is InChI=1S/C29H35N3O3/c1-29(2,3)23-6-4-5-19(15-23)17-31-13-11-20(12-14-31)21-7-8-24-22(16-21)18-32(28(24)35)25-9-10-26(33)30-27(25)34/h4-8,15-16,20,25H,9-14,17-18H2,1-3H3,(H,30,33,34). The van der Waals surface area contributed by atoms with E-state index < -0.39 is 6.04 Å². The van der Waals surface area contributed by atoms with Crippen LogP contribution in [0.2, 0.25) is 0 Å². The van der Waals surface area contributed by atoms with E-state index in [0.29, 0.717) is 24.4 Å². The van der Waals surface area contributed by atoms with Crippen LogP contribution in [0.5, 0.6) is 0 Å². The molecule has 0 aliphatic carbocycles. The van der Waals surface area contributed by atoms with Crippen molar-refractivity contribution in [3.63, 3.8) is 0 Å². The van der Waals surface area contributed by atoms with Crippen LogP contribution in [0, 0.1) is 0 Å². The van der Waals surface area contributed by atoms with Gasteiger partial charge in [0.2, 0.25) is 11.8 Å². The maximum absolute atomic E-state index is 13.0. The number of imide groups is 1. The molecule has 0 bridgehead atoms. The lowest BCUT2D eigenvalue weighted by atomic mass is 9.86. The van der Waals surface area contributed by atoms with Crippen molar-refractivity contribution >= 4 is 17.7 Å². The fourth-order valence-electron chi connectivity index (χ4n) is 5.67. The molecule has 3 aliphatic rings. The van der Waals surface area contributed by atoms with Crippen LogP contribution in [0.3, 0.4) is 0 Å². The van der Waals surface area contributed by atoms with Crippen molar-refractivity contribution in [1.29, 1.82) is 0 Å². The van der Waals surface area contributed by atoms with Crippen LogP contribution >= 0.6 is 0 Å². The van der Waals surface area contributed by atoms with Crippen molar-refractivity contribution < 1.29 is 14.4 Å². The van der Waals surface area contributed by atoms with E-state index in [4.69, 9.17) is 0 Å². The van der Waals surface area contributed by atoms with Crippen molar-refractivity contribution in [3.8, 4) is 0 Å². The van der Waals surface area contributed by atoms with Gasteiger partial charge in [0.1, 0.15) is 6.04 Å². The Morgan fingerprint density at radius 1 is 0.971 bits per heavy atom. The van der Waals surface area contributed by atoms with Crippen molar-refractivity contribution in [2.24, 2.45) is 0 Å². The predicted molar refractivity (Wildman–Crippen MR) is 135 cm³/mol. The SMILES string of the molecule is CC(C)(C)c1cccc(CN2CCC(c3ccc4c(c3)CN(C3CCC(=O)NC3=O)C4=O)CC2)c1. The molecule has 1 atom stereocenters. The van der Waals surface area contributed by atoms with Gasteiger partial charge in [-0.2, -0.15) is 0 Å². The summed E-state index contributed by atoms with van der Waals surface area (Å²) < 4.78 is 0. The number of fused-ring (bicyclic) bond motifs is 1. The van der Waals surface area contributed by atoms with Gasteiger partial charge in [0.15, 0.2) is 0 Å². The highest BCUT2D eigenvalue weighted by atomic mass is 16.2. The van der Waals surface area contributed by atoms with E-state index in [0.717, 1.165) is 38.0 Å². The zero-order valence-electron chi connectivity index (χ0n) is 21.0. The summed E-state index contributed by atoms with van der Waals surface area (Å²) in [5, 5.41) is 2.37. The summed E-state index contributed by atoms with van der Waals surface area (Å²) in [6.45, 7) is 10.3. The highest BCUT2D eigenvalue weighted by Gasteiger charge is 2.39. The summed E-state index contributed by atoms with van der Waals surface area (Å²) in [6, 6.07) is 14.6. The van der Waals surface area contributed by atoms with Crippen molar-refractivity contribution in [1.82, 2.24) is 15.1 Å². The number of carbonyl (C=O) groups excluding carboxylic acids is 3. The van der Waals surface area contributed by atoms with E-state index >= 15 is 0 Å². The lowest BCUT2D eigenvalue weighted by Gasteiger charge is -2.32. The van der Waals surface area contributed by atoms with Crippen LogP contribution < -0.4 is 5.32 Å². The molecule has 3 aliphatic heterocycles. The van der Waals surface area contributed by atoms with Crippen LogP contribution in [0.15, 0.2) is 42.5 Å². The van der Waals surface area contributed by atoms with Crippen LogP contribution in [0.4, 0.5) is 0 Å². The van der Waals surface area contributed by atoms with Gasteiger partial charge in [-0.3, -0.25) is 24.6 Å². The second-order valence-corrected chi connectivity index (χ2v) is 11.3. The predicted octanol–water partition coefficient (Wildman–Crippen LogP) is 4.12. The molecule has 3 heterocycles. The Balaban J connectivity index is 1.21. The van der Waals surface area contributed by atoms with Gasteiger partial charge in [-0.15, -0.1) is 0 Å². The third-order valence-electron chi connectivity index (χ3n) is 7.81. The van der Waals surface area contributed by atoms with Crippen LogP contribution in [-0.4, -0.2) is 46.7 Å². The number of likely N-dealkylation sites (tertiary alicyclic amines) is 1. The molecule has 2 saturated heterocycles. The molecule has 0 spiro atoms. The normalized spacial score (nSPS) is 21.9. The molecule has 1 N–H and O–H groups in total. The average Bonchev–Trinajstić information content (AvgIpc) is 3.15. The van der Waals surface area contributed by atoms with E-state index in [-0.39, 0.29) is 29.6 Å². The molecule has 3 amide bonds. The van der Waals surface area contributed by atoms with E-state index in [2.05, 4.69) is 67.4 Å². The molecule has 5 rings (SSSR count). The lowest BCUT2D eigenvalue weighted by Crippen LogP contribution is -2.52. The zero-order valence-corrected chi connectivity index (χ0v) is 21.0. The number of hydrogen-bond donors (Lipinski definition) is 1. The Labute approximate surface area is 207 Å². The first-order valence-corrected chi connectivity index (χ1v) is 12.8. The van der Waals surface area contributed by atoms with E-state index in [1.807, 2.05) is 6.07 Å². The molecule has 2 aromatic carbocycles. The van der Waals surface area contributed by atoms with Crippen LogP contribution in [0.25, 0.3) is 0 Å². The first-order valence-electron chi connectivity index (χ1n) is 12.8. The molecule has 2 fully saturated rings. The Hall–Kier alpha value is -2.99. The third kappa shape index (κ3) is 4.90. The number of nitrogens with one attached hydrogen (secondary N) is 1. The maximum Gasteiger partial charge on any atom is 0.255 e. The van der Waals surface area contributed by atoms with Gasteiger partial charge in [0.05, 0.1) is 0 Å². The first-order chi connectivity index (χ1) is 16.7. The topological polar surface area (TPSA) is 69.7 Å². The number of benzene rings is 2. The highest BCUT2D eigenvalue weighted by molar-refractivity contribution is 6.05. The molecule has 2 aromatic rings. The molecule has 0 radical (unpaired) electrons. The molecular weight excluding hydrogens is 438 g/mol. The van der Waals surface area contributed by atoms with Gasteiger partial charge in [0, 0.05) is 25.1 Å². The molecular formula is C29H35N3O3. The van der Waals surface area contributed by atoms with Gasteiger partial charge in [-0.1, -0.05) is 57.2 Å². The average molecular weight is 474 g/mol. The molecule has 6 nitrogen and oxygen atoms in total. The monoisotopic (exact) mass is 473 g/mol. The molecule has 35 heavy (non-hydrogen) atoms. The quantitative estimate of drug-likeness (QED) is 0.678. The number of nitrogens with zero attached hydrogens (tertiary/aromatic N) is 2. The maximum atomic E-state index is 13.0. The first kappa shape index (κ1) is 23.7. The number of amides is 3. The summed E-state index contributed by atoms with van der Waals surface area (Å²) in [6.07, 6.45) is 2.88. The zero-order chi connectivity index (χ0) is 24.7. The minimum atomic E-state index is -0.559. The Bertz CT molecular complexity index is 1160. The summed E-state index contributed by atoms with van der Waals surface area (Å²) in [5.41, 5.74) is 5.89. The van der Waals surface area contributed by atoms with Gasteiger partial charge >= 0.3 is 0 Å². The molecule has 0 aromatic heterocycles. The number of carbonyl (C=O) groups is 3. The molecule has 0 saturated carbocycles. The smallest absolute Gasteiger partial charge is 0.255 e. The number of rotatable bonds is 4. The number of piperidine rings is 2. The largest absolute Gasteiger partial charge is 0.322 e. The highest BCUT2D eigenvalue weighted by Crippen LogP contribution is 2.34. The van der Waals surface area contributed by atoms with Crippen LogP contribution in [0.1, 0.15) is 85.0 Å². The van der Waals surface area contributed by atoms with Crippen molar-refractivity contribution in [2.75, 3.05) is 13.1 Å². The summed E-state index contributed by atoms with van der Waals surface area (Å²) in [4.78, 5) is 40.9. The second-order valence-electron chi connectivity index (χ2n) is 11.3. The van der Waals surface area contributed by atoms with Crippen molar-refractivity contribution in [2.45, 2.75) is 76.9 Å². The Morgan fingerprint density at radius 2 is 1.74 bits per heavy atom. The summed E-state index contributed by atoms with van der Waals surface area (Å²) in [7, 11) is 0. The molecule has 1 unspecified atom stereocenters. The number of hydrogen-bond acceptors (Lipinski definition) is 4. The second kappa shape index (κ2) is 9.23. The minimum Gasteiger partial charge on any atom is -0.322 e. The van der Waals surface area contributed by atoms with Gasteiger partial charge in [-0.05, 0) is 72.0 Å². The van der Waals surface area contributed by atoms with Crippen molar-refractivity contribution in [3.05, 3.63) is 70.3 Å². The third-order valence-corrected chi connectivity index (χ3v) is 7.81. The minimum absolute atomic E-state index is 0.103. The molecule has 184 valence electrons. The fourth-order valence-corrected chi connectivity index (χ4v) is 5.67. The lowest BCUT2D eigenvalue weighted by molar-refractivity contribution is -0.136. The van der Waals surface area contributed by atoms with E-state index in [1.165, 1.54) is 16.7 Å². The Kier molecular flexibility index (Phi) is 6.26. The summed E-state index contributed by atoms with van der Waals surface area (Å²) >= 11 is 0. The van der Waals surface area contributed by atoms with E-state index in [1.54, 1.807) is 4.90 Å². The molecule has 6 heteroatoms. The summed E-state index contributed by atoms with van der Waals surface area (Å²) in [5.74, 6) is -0.237. The fraction of sp³-hybridized carbons (Fsp3) is 0.483. The Morgan fingerprint density at radius 3 is 2.46 bits per heavy atom.